The van der Waals surface area contributed by atoms with Gasteiger partial charge in [0.25, 0.3) is 5.91 Å². The van der Waals surface area contributed by atoms with Crippen LogP contribution in [0, 0.1) is 13.8 Å². The van der Waals surface area contributed by atoms with Gasteiger partial charge in [-0.3, -0.25) is 9.48 Å². The van der Waals surface area contributed by atoms with Crippen LogP contribution < -0.4 is 0 Å². The van der Waals surface area contributed by atoms with E-state index in [0.717, 1.165) is 52.5 Å². The molecule has 1 aliphatic rings. The summed E-state index contributed by atoms with van der Waals surface area (Å²) in [7, 11) is 0. The normalized spacial score (nSPS) is 17.1. The second-order valence-corrected chi connectivity index (χ2v) is 8.53. The number of hydrogen-bond acceptors (Lipinski definition) is 4. The van der Waals surface area contributed by atoms with E-state index in [0.29, 0.717) is 6.54 Å². The maximum absolute atomic E-state index is 13.2. The highest BCUT2D eigenvalue weighted by atomic mass is 32.1. The Morgan fingerprint density at radius 1 is 1.25 bits per heavy atom. The minimum Gasteiger partial charge on any atom is -0.336 e. The Bertz CT molecular complexity index is 973. The van der Waals surface area contributed by atoms with Crippen LogP contribution in [0.25, 0.3) is 10.6 Å². The largest absolute Gasteiger partial charge is 0.336 e. The Hall–Kier alpha value is -2.47. The third-order valence-electron chi connectivity index (χ3n) is 5.39. The van der Waals surface area contributed by atoms with Gasteiger partial charge in [-0.1, -0.05) is 31.2 Å². The average molecular weight is 395 g/mol. The quantitative estimate of drug-likeness (QED) is 0.646. The summed E-state index contributed by atoms with van der Waals surface area (Å²) >= 11 is 1.50. The molecule has 2 aromatic heterocycles. The summed E-state index contributed by atoms with van der Waals surface area (Å²) in [4.78, 5) is 20.6. The third-order valence-corrected chi connectivity index (χ3v) is 6.58. The minimum atomic E-state index is 0.0972. The molecule has 28 heavy (non-hydrogen) atoms. The molecule has 1 amide bonds. The highest BCUT2D eigenvalue weighted by Gasteiger charge is 2.28. The monoisotopic (exact) mass is 394 g/mol. The summed E-state index contributed by atoms with van der Waals surface area (Å²) in [5.41, 5.74) is 4.36. The topological polar surface area (TPSA) is 51.0 Å². The molecule has 6 heteroatoms. The molecule has 1 fully saturated rings. The van der Waals surface area contributed by atoms with Crippen molar-refractivity contribution in [1.82, 2.24) is 19.7 Å². The Morgan fingerprint density at radius 3 is 2.71 bits per heavy atom. The van der Waals surface area contributed by atoms with Crippen molar-refractivity contribution in [3.8, 4) is 10.6 Å². The molecule has 4 rings (SSSR count). The fourth-order valence-electron chi connectivity index (χ4n) is 3.73. The van der Waals surface area contributed by atoms with E-state index in [4.69, 9.17) is 0 Å². The first-order valence-corrected chi connectivity index (χ1v) is 10.7. The van der Waals surface area contributed by atoms with Crippen LogP contribution in [-0.4, -0.2) is 38.7 Å². The van der Waals surface area contributed by atoms with Crippen LogP contribution in [-0.2, 0) is 6.42 Å². The maximum Gasteiger partial charge on any atom is 0.265 e. The van der Waals surface area contributed by atoms with Gasteiger partial charge in [-0.15, -0.1) is 11.3 Å². The van der Waals surface area contributed by atoms with Crippen molar-refractivity contribution in [2.75, 3.05) is 13.1 Å². The third kappa shape index (κ3) is 3.74. The van der Waals surface area contributed by atoms with Crippen LogP contribution in [0.4, 0.5) is 0 Å². The molecular formula is C22H26N4OS. The number of benzene rings is 1. The van der Waals surface area contributed by atoms with Crippen molar-refractivity contribution >= 4 is 17.2 Å². The van der Waals surface area contributed by atoms with Gasteiger partial charge < -0.3 is 4.90 Å². The Kier molecular flexibility index (Phi) is 5.31. The van der Waals surface area contributed by atoms with Crippen LogP contribution in [0.15, 0.2) is 36.7 Å². The van der Waals surface area contributed by atoms with E-state index >= 15 is 0 Å². The van der Waals surface area contributed by atoms with E-state index in [1.54, 1.807) is 0 Å². The van der Waals surface area contributed by atoms with Crippen molar-refractivity contribution in [2.45, 2.75) is 46.1 Å². The fourth-order valence-corrected chi connectivity index (χ4v) is 4.77. The van der Waals surface area contributed by atoms with Crippen LogP contribution in [0.3, 0.4) is 0 Å². The standard InChI is InChI=1S/C22H26N4OS/c1-4-17-7-9-18(10-8-17)21-24-16(3)20(28-21)22(27)25-11-5-6-19(14-25)26-13-15(2)12-23-26/h7-10,12-13,19H,4-6,11,14H2,1-3H3. The number of aromatic nitrogens is 3. The van der Waals surface area contributed by atoms with Gasteiger partial charge in [0.2, 0.25) is 0 Å². The molecule has 0 aliphatic carbocycles. The van der Waals surface area contributed by atoms with Crippen LogP contribution in [0.5, 0.6) is 0 Å². The lowest BCUT2D eigenvalue weighted by Crippen LogP contribution is -2.40. The Labute approximate surface area is 170 Å². The second-order valence-electron chi connectivity index (χ2n) is 7.53. The molecule has 146 valence electrons. The molecule has 1 aromatic carbocycles. The zero-order valence-electron chi connectivity index (χ0n) is 16.7. The molecule has 5 nitrogen and oxygen atoms in total. The predicted octanol–water partition coefficient (Wildman–Crippen LogP) is 4.66. The van der Waals surface area contributed by atoms with E-state index in [9.17, 15) is 4.79 Å². The number of amides is 1. The summed E-state index contributed by atoms with van der Waals surface area (Å²) in [6, 6.07) is 8.72. The van der Waals surface area contributed by atoms with E-state index in [-0.39, 0.29) is 11.9 Å². The van der Waals surface area contributed by atoms with E-state index in [1.807, 2.05) is 29.6 Å². The van der Waals surface area contributed by atoms with Gasteiger partial charge in [-0.05, 0) is 44.2 Å². The number of rotatable bonds is 4. The van der Waals surface area contributed by atoms with Crippen molar-refractivity contribution < 1.29 is 4.79 Å². The summed E-state index contributed by atoms with van der Waals surface area (Å²) in [6.07, 6.45) is 7.02. The van der Waals surface area contributed by atoms with Crippen LogP contribution in [0.2, 0.25) is 0 Å². The SMILES string of the molecule is CCc1ccc(-c2nc(C)c(C(=O)N3CCCC(n4cc(C)cn4)C3)s2)cc1. The molecule has 0 N–H and O–H groups in total. The van der Waals surface area contributed by atoms with Gasteiger partial charge in [0.15, 0.2) is 0 Å². The molecule has 3 heterocycles. The van der Waals surface area contributed by atoms with E-state index < -0.39 is 0 Å². The molecule has 0 bridgehead atoms. The number of aryl methyl sites for hydroxylation is 3. The highest BCUT2D eigenvalue weighted by molar-refractivity contribution is 7.17. The molecule has 1 atom stereocenters. The number of nitrogens with zero attached hydrogens (tertiary/aromatic N) is 4. The second kappa shape index (κ2) is 7.87. The van der Waals surface area contributed by atoms with Crippen molar-refractivity contribution in [3.05, 3.63) is 58.4 Å². The summed E-state index contributed by atoms with van der Waals surface area (Å²) in [5.74, 6) is 0.0972. The molecule has 1 saturated heterocycles. The molecule has 1 aliphatic heterocycles. The molecular weight excluding hydrogens is 368 g/mol. The lowest BCUT2D eigenvalue weighted by Gasteiger charge is -2.32. The zero-order valence-corrected chi connectivity index (χ0v) is 17.5. The van der Waals surface area contributed by atoms with Crippen molar-refractivity contribution in [1.29, 1.82) is 0 Å². The van der Waals surface area contributed by atoms with Crippen LogP contribution >= 0.6 is 11.3 Å². The van der Waals surface area contributed by atoms with Crippen molar-refractivity contribution in [2.24, 2.45) is 0 Å². The maximum atomic E-state index is 13.2. The van der Waals surface area contributed by atoms with Gasteiger partial charge >= 0.3 is 0 Å². The molecule has 0 saturated carbocycles. The fraction of sp³-hybridized carbons (Fsp3) is 0.409. The van der Waals surface area contributed by atoms with Gasteiger partial charge in [0.1, 0.15) is 9.88 Å². The zero-order chi connectivity index (χ0) is 19.7. The number of thiazole rings is 1. The summed E-state index contributed by atoms with van der Waals surface area (Å²) in [5, 5.41) is 5.37. The molecule has 1 unspecified atom stereocenters. The lowest BCUT2D eigenvalue weighted by molar-refractivity contribution is 0.0677. The Morgan fingerprint density at radius 2 is 2.04 bits per heavy atom. The summed E-state index contributed by atoms with van der Waals surface area (Å²) in [6.45, 7) is 7.64. The Balaban J connectivity index is 1.53. The smallest absolute Gasteiger partial charge is 0.265 e. The number of hydrogen-bond donors (Lipinski definition) is 0. The van der Waals surface area contributed by atoms with Crippen LogP contribution in [0.1, 0.15) is 52.3 Å². The molecule has 0 radical (unpaired) electrons. The number of carbonyl (C=O) groups is 1. The minimum absolute atomic E-state index is 0.0972. The number of likely N-dealkylation sites (tertiary alicyclic amines) is 1. The lowest BCUT2D eigenvalue weighted by atomic mass is 10.1. The number of carbonyl (C=O) groups excluding carboxylic acids is 1. The average Bonchev–Trinajstić information content (AvgIpc) is 3.33. The van der Waals surface area contributed by atoms with Gasteiger partial charge in [-0.2, -0.15) is 5.10 Å². The van der Waals surface area contributed by atoms with Gasteiger partial charge in [0.05, 0.1) is 17.9 Å². The molecule has 0 spiro atoms. The summed E-state index contributed by atoms with van der Waals surface area (Å²) < 4.78 is 2.01. The van der Waals surface area contributed by atoms with E-state index in [2.05, 4.69) is 47.5 Å². The van der Waals surface area contributed by atoms with Gasteiger partial charge in [-0.25, -0.2) is 4.98 Å². The number of piperidine rings is 1. The first-order valence-electron chi connectivity index (χ1n) is 9.92. The molecule has 3 aromatic rings. The first kappa shape index (κ1) is 18.9. The van der Waals surface area contributed by atoms with Crippen molar-refractivity contribution in [3.63, 3.8) is 0 Å². The predicted molar refractivity (Wildman–Crippen MR) is 113 cm³/mol. The van der Waals surface area contributed by atoms with Gasteiger partial charge in [0, 0.05) is 24.8 Å². The highest BCUT2D eigenvalue weighted by Crippen LogP contribution is 2.31. The first-order chi connectivity index (χ1) is 13.5. The van der Waals surface area contributed by atoms with E-state index in [1.165, 1.54) is 16.9 Å².